The maximum Gasteiger partial charge on any atom is 0.401 e. The number of halogens is 3. The first-order valence-electron chi connectivity index (χ1n) is 6.43. The highest BCUT2D eigenvalue weighted by molar-refractivity contribution is 5.77. The lowest BCUT2D eigenvalue weighted by atomic mass is 10.1. The van der Waals surface area contributed by atoms with Crippen molar-refractivity contribution in [3.63, 3.8) is 0 Å². The number of likely N-dealkylation sites (tertiary alicyclic amines) is 1. The number of hydrogen-bond donors (Lipinski definition) is 1. The Morgan fingerprint density at radius 2 is 2.16 bits per heavy atom. The predicted molar refractivity (Wildman–Crippen MR) is 64.7 cm³/mol. The lowest BCUT2D eigenvalue weighted by Gasteiger charge is -2.18. The van der Waals surface area contributed by atoms with Gasteiger partial charge in [-0.1, -0.05) is 0 Å². The summed E-state index contributed by atoms with van der Waals surface area (Å²) in [4.78, 5) is 12.8. The molecule has 0 aliphatic carbocycles. The van der Waals surface area contributed by atoms with Gasteiger partial charge >= 0.3 is 6.18 Å². The summed E-state index contributed by atoms with van der Waals surface area (Å²) in [5.74, 6) is -0.131. The Morgan fingerprint density at radius 1 is 1.47 bits per heavy atom. The molecule has 0 aromatic rings. The monoisotopic (exact) mass is 282 g/mol. The van der Waals surface area contributed by atoms with E-state index >= 15 is 0 Å². The van der Waals surface area contributed by atoms with Crippen LogP contribution in [0.15, 0.2) is 0 Å². The summed E-state index contributed by atoms with van der Waals surface area (Å²) in [6.07, 6.45) is -3.48. The molecule has 0 radical (unpaired) electrons. The molecule has 112 valence electrons. The molecular weight excluding hydrogens is 261 g/mol. The number of ether oxygens (including phenoxy) is 1. The molecule has 19 heavy (non-hydrogen) atoms. The van der Waals surface area contributed by atoms with E-state index in [9.17, 15) is 18.0 Å². The number of hydrogen-bond acceptors (Lipinski definition) is 3. The number of alkyl halides is 3. The minimum Gasteiger partial charge on any atom is -0.369 e. The van der Waals surface area contributed by atoms with Gasteiger partial charge < -0.3 is 10.1 Å². The average Bonchev–Trinajstić information content (AvgIpc) is 2.68. The fourth-order valence-electron chi connectivity index (χ4n) is 2.03. The van der Waals surface area contributed by atoms with Crippen LogP contribution in [0, 0.1) is 5.92 Å². The van der Waals surface area contributed by atoms with Gasteiger partial charge in [0.25, 0.3) is 0 Å². The fraction of sp³-hybridized carbons (Fsp3) is 0.917. The van der Waals surface area contributed by atoms with Crippen molar-refractivity contribution in [1.29, 1.82) is 0 Å². The second-order valence-corrected chi connectivity index (χ2v) is 5.17. The Balaban J connectivity index is 2.16. The number of nitrogens with zero attached hydrogens (tertiary/aromatic N) is 1. The summed E-state index contributed by atoms with van der Waals surface area (Å²) in [5.41, 5.74) is 0. The summed E-state index contributed by atoms with van der Waals surface area (Å²) in [6.45, 7) is 4.02. The molecule has 0 aromatic carbocycles. The molecule has 1 N–H and O–H groups in total. The molecule has 1 rings (SSSR count). The van der Waals surface area contributed by atoms with Crippen molar-refractivity contribution < 1.29 is 22.7 Å². The van der Waals surface area contributed by atoms with E-state index in [1.54, 1.807) is 0 Å². The lowest BCUT2D eigenvalue weighted by Crippen LogP contribution is -2.36. The van der Waals surface area contributed by atoms with Gasteiger partial charge in [0.15, 0.2) is 0 Å². The topological polar surface area (TPSA) is 41.6 Å². The van der Waals surface area contributed by atoms with E-state index in [0.717, 1.165) is 0 Å². The maximum atomic E-state index is 12.2. The van der Waals surface area contributed by atoms with Gasteiger partial charge in [-0.3, -0.25) is 9.69 Å². The second kappa shape index (κ2) is 7.09. The first kappa shape index (κ1) is 16.2. The summed E-state index contributed by atoms with van der Waals surface area (Å²) in [5, 5.41) is 2.69. The third-order valence-electron chi connectivity index (χ3n) is 2.91. The molecule has 0 saturated carbocycles. The van der Waals surface area contributed by atoms with E-state index in [0.29, 0.717) is 26.1 Å². The SMILES string of the molecule is CC(C)OCC(=O)NCC1CCN(CC(F)(F)F)C1. The first-order chi connectivity index (χ1) is 8.76. The third-order valence-corrected chi connectivity index (χ3v) is 2.91. The van der Waals surface area contributed by atoms with Crippen LogP contribution in [0.25, 0.3) is 0 Å². The summed E-state index contributed by atoms with van der Waals surface area (Å²) < 4.78 is 41.7. The van der Waals surface area contributed by atoms with Crippen LogP contribution >= 0.6 is 0 Å². The molecular formula is C12H21F3N2O2. The average molecular weight is 282 g/mol. The molecule has 0 aromatic heterocycles. The molecule has 1 fully saturated rings. The molecule has 0 bridgehead atoms. The smallest absolute Gasteiger partial charge is 0.369 e. The zero-order valence-electron chi connectivity index (χ0n) is 11.3. The van der Waals surface area contributed by atoms with Crippen molar-refractivity contribution in [1.82, 2.24) is 10.2 Å². The largest absolute Gasteiger partial charge is 0.401 e. The van der Waals surface area contributed by atoms with Crippen molar-refractivity contribution in [2.45, 2.75) is 32.5 Å². The van der Waals surface area contributed by atoms with Crippen molar-refractivity contribution in [3.05, 3.63) is 0 Å². The zero-order chi connectivity index (χ0) is 14.5. The van der Waals surface area contributed by atoms with Crippen molar-refractivity contribution >= 4 is 5.91 Å². The number of carbonyl (C=O) groups excluding carboxylic acids is 1. The molecule has 1 unspecified atom stereocenters. The zero-order valence-corrected chi connectivity index (χ0v) is 11.3. The van der Waals surface area contributed by atoms with Gasteiger partial charge in [-0.05, 0) is 32.7 Å². The van der Waals surface area contributed by atoms with E-state index in [-0.39, 0.29) is 24.5 Å². The molecule has 1 aliphatic rings. The highest BCUT2D eigenvalue weighted by Crippen LogP contribution is 2.22. The quantitative estimate of drug-likeness (QED) is 0.801. The minimum absolute atomic E-state index is 0.00332. The highest BCUT2D eigenvalue weighted by atomic mass is 19.4. The normalized spacial score (nSPS) is 21.1. The lowest BCUT2D eigenvalue weighted by molar-refractivity contribution is -0.143. The molecule has 7 heteroatoms. The summed E-state index contributed by atoms with van der Waals surface area (Å²) in [6, 6.07) is 0. The van der Waals surface area contributed by atoms with Crippen LogP contribution in [-0.2, 0) is 9.53 Å². The van der Waals surface area contributed by atoms with E-state index in [2.05, 4.69) is 5.32 Å². The van der Waals surface area contributed by atoms with Crippen LogP contribution in [0.5, 0.6) is 0 Å². The van der Waals surface area contributed by atoms with Crippen LogP contribution < -0.4 is 5.32 Å². The predicted octanol–water partition coefficient (Wildman–Crippen LogP) is 1.41. The van der Waals surface area contributed by atoms with Crippen molar-refractivity contribution in [3.8, 4) is 0 Å². The summed E-state index contributed by atoms with van der Waals surface area (Å²) >= 11 is 0. The molecule has 1 amide bonds. The van der Waals surface area contributed by atoms with Crippen molar-refractivity contribution in [2.75, 3.05) is 32.8 Å². The molecule has 1 heterocycles. The van der Waals surface area contributed by atoms with Gasteiger partial charge in [-0.25, -0.2) is 0 Å². The first-order valence-corrected chi connectivity index (χ1v) is 6.43. The fourth-order valence-corrected chi connectivity index (χ4v) is 2.03. The standard InChI is InChI=1S/C12H21F3N2O2/c1-9(2)19-7-11(18)16-5-10-3-4-17(6-10)8-12(13,14)15/h9-10H,3-8H2,1-2H3,(H,16,18). The Labute approximate surface area is 111 Å². The Hall–Kier alpha value is -0.820. The van der Waals surface area contributed by atoms with Gasteiger partial charge in [0.1, 0.15) is 6.61 Å². The number of carbonyl (C=O) groups is 1. The van der Waals surface area contributed by atoms with E-state index in [4.69, 9.17) is 4.74 Å². The van der Waals surface area contributed by atoms with Gasteiger partial charge in [0, 0.05) is 13.1 Å². The number of nitrogens with one attached hydrogen (secondary N) is 1. The number of amides is 1. The van der Waals surface area contributed by atoms with E-state index in [1.807, 2.05) is 13.8 Å². The van der Waals surface area contributed by atoms with Gasteiger partial charge in [0.05, 0.1) is 12.6 Å². The highest BCUT2D eigenvalue weighted by Gasteiger charge is 2.34. The summed E-state index contributed by atoms with van der Waals surface area (Å²) in [7, 11) is 0. The van der Waals surface area contributed by atoms with Crippen LogP contribution in [-0.4, -0.2) is 55.9 Å². The van der Waals surface area contributed by atoms with Crippen LogP contribution in [0.1, 0.15) is 20.3 Å². The maximum absolute atomic E-state index is 12.2. The second-order valence-electron chi connectivity index (χ2n) is 5.17. The van der Waals surface area contributed by atoms with Gasteiger partial charge in [0.2, 0.25) is 5.91 Å². The third kappa shape index (κ3) is 7.37. The minimum atomic E-state index is -4.15. The number of rotatable bonds is 6. The molecule has 1 aliphatic heterocycles. The molecule has 1 atom stereocenters. The molecule has 0 spiro atoms. The van der Waals surface area contributed by atoms with Gasteiger partial charge in [-0.2, -0.15) is 13.2 Å². The van der Waals surface area contributed by atoms with Crippen LogP contribution in [0.3, 0.4) is 0 Å². The molecule has 1 saturated heterocycles. The van der Waals surface area contributed by atoms with Gasteiger partial charge in [-0.15, -0.1) is 0 Å². The Bertz CT molecular complexity index is 295. The Kier molecular flexibility index (Phi) is 6.06. The van der Waals surface area contributed by atoms with Crippen molar-refractivity contribution in [2.24, 2.45) is 5.92 Å². The molecule has 4 nitrogen and oxygen atoms in total. The van der Waals surface area contributed by atoms with Crippen LogP contribution in [0.4, 0.5) is 13.2 Å². The van der Waals surface area contributed by atoms with E-state index < -0.39 is 12.7 Å². The van der Waals surface area contributed by atoms with E-state index in [1.165, 1.54) is 4.90 Å². The Morgan fingerprint density at radius 3 is 2.74 bits per heavy atom. The van der Waals surface area contributed by atoms with Crippen LogP contribution in [0.2, 0.25) is 0 Å².